The Kier molecular flexibility index (Phi) is 7.01. The van der Waals surface area contributed by atoms with E-state index in [1.807, 2.05) is 12.4 Å². The average Bonchev–Trinajstić information content (AvgIpc) is 3.95. The lowest BCUT2D eigenvalue weighted by atomic mass is 9.92. The van der Waals surface area contributed by atoms with Crippen LogP contribution in [0.2, 0.25) is 0 Å². The van der Waals surface area contributed by atoms with Crippen molar-refractivity contribution in [3.8, 4) is 67.0 Å². The summed E-state index contributed by atoms with van der Waals surface area (Å²) in [7, 11) is 0. The quantitative estimate of drug-likeness (QED) is 0.171. The summed E-state index contributed by atoms with van der Waals surface area (Å²) >= 11 is 0. The van der Waals surface area contributed by atoms with Crippen molar-refractivity contribution >= 4 is 54.4 Å². The Morgan fingerprint density at radius 3 is 1.42 bits per heavy atom. The largest absolute Gasteiger partial charge is 0.309 e. The number of pyridine rings is 1. The zero-order chi connectivity index (χ0) is 39.3. The Labute approximate surface area is 346 Å². The van der Waals surface area contributed by atoms with Crippen molar-refractivity contribution in [3.05, 3.63) is 213 Å². The number of para-hydroxylation sites is 2. The number of nitrogens with zero attached hydrogens (tertiary/aromatic N) is 3. The Morgan fingerprint density at radius 1 is 0.267 bits per heavy atom. The molecule has 3 nitrogen and oxygen atoms in total. The maximum absolute atomic E-state index is 4.35. The molecule has 1 aliphatic rings. The van der Waals surface area contributed by atoms with Crippen molar-refractivity contribution < 1.29 is 0 Å². The lowest BCUT2D eigenvalue weighted by Crippen LogP contribution is -1.94. The van der Waals surface area contributed by atoms with Gasteiger partial charge in [-0.05, 0) is 139 Å². The fourth-order valence-corrected chi connectivity index (χ4v) is 10.1. The van der Waals surface area contributed by atoms with Gasteiger partial charge in [-0.3, -0.25) is 4.98 Å². The Hall–Kier alpha value is -8.01. The molecular weight excluding hydrogens is 727 g/mol. The van der Waals surface area contributed by atoms with Crippen LogP contribution in [-0.4, -0.2) is 14.1 Å². The molecule has 60 heavy (non-hydrogen) atoms. The molecule has 3 aromatic heterocycles. The lowest BCUT2D eigenvalue weighted by Gasteiger charge is -2.12. The third-order valence-corrected chi connectivity index (χ3v) is 12.8. The van der Waals surface area contributed by atoms with Crippen molar-refractivity contribution in [2.45, 2.75) is 0 Å². The topological polar surface area (TPSA) is 22.8 Å². The van der Waals surface area contributed by atoms with Crippen LogP contribution < -0.4 is 0 Å². The standard InChI is InChI=1S/C57H35N3/c1-2-12-41(13-3-1)59-53-19-7-6-16-46(53)50-33-38(21-25-54(50)59)39-22-27-56-52(35-39)51-34-37(20-26-55(51)60(56)42-28-30-58-31-29-42)36-10-8-11-40(32-36)43-23-24-49-45-15-5-4-14-44(45)48-18-9-17-47(43)57(48)49/h1-35H. The summed E-state index contributed by atoms with van der Waals surface area (Å²) in [5, 5.41) is 7.59. The molecule has 12 aromatic rings. The van der Waals surface area contributed by atoms with Gasteiger partial charge in [-0.1, -0.05) is 127 Å². The van der Waals surface area contributed by atoms with E-state index in [2.05, 4.69) is 214 Å². The van der Waals surface area contributed by atoms with Gasteiger partial charge in [0.1, 0.15) is 0 Å². The van der Waals surface area contributed by atoms with Crippen molar-refractivity contribution in [2.24, 2.45) is 0 Å². The normalized spacial score (nSPS) is 12.0. The molecule has 0 unspecified atom stereocenters. The number of rotatable bonds is 5. The lowest BCUT2D eigenvalue weighted by molar-refractivity contribution is 1.16. The third kappa shape index (κ3) is 4.81. The van der Waals surface area contributed by atoms with Gasteiger partial charge in [-0.25, -0.2) is 0 Å². The van der Waals surface area contributed by atoms with Gasteiger partial charge >= 0.3 is 0 Å². The highest BCUT2D eigenvalue weighted by Crippen LogP contribution is 2.49. The molecule has 0 bridgehead atoms. The van der Waals surface area contributed by atoms with E-state index >= 15 is 0 Å². The summed E-state index contributed by atoms with van der Waals surface area (Å²) in [6, 6.07) is 73.7. The van der Waals surface area contributed by atoms with Gasteiger partial charge in [0.05, 0.1) is 22.1 Å². The minimum Gasteiger partial charge on any atom is -0.309 e. The van der Waals surface area contributed by atoms with Gasteiger partial charge < -0.3 is 9.13 Å². The van der Waals surface area contributed by atoms with Gasteiger partial charge in [0.25, 0.3) is 0 Å². The van der Waals surface area contributed by atoms with Gasteiger partial charge in [0, 0.05) is 45.3 Å². The molecule has 9 aromatic carbocycles. The molecule has 1 aliphatic carbocycles. The molecule has 0 aliphatic heterocycles. The predicted molar refractivity (Wildman–Crippen MR) is 251 cm³/mol. The molecule has 0 spiro atoms. The Balaban J connectivity index is 0.969. The van der Waals surface area contributed by atoms with Crippen molar-refractivity contribution in [2.75, 3.05) is 0 Å². The van der Waals surface area contributed by atoms with Gasteiger partial charge in [-0.2, -0.15) is 0 Å². The minimum atomic E-state index is 1.09. The fourth-order valence-electron chi connectivity index (χ4n) is 10.1. The predicted octanol–water partition coefficient (Wildman–Crippen LogP) is 15.1. The van der Waals surface area contributed by atoms with E-state index in [-0.39, 0.29) is 0 Å². The number of aromatic nitrogens is 3. The highest BCUT2D eigenvalue weighted by atomic mass is 15.0. The van der Waals surface area contributed by atoms with Crippen LogP contribution in [-0.2, 0) is 0 Å². The smallest absolute Gasteiger partial charge is 0.0541 e. The van der Waals surface area contributed by atoms with Gasteiger partial charge in [0.15, 0.2) is 0 Å². The molecule has 278 valence electrons. The molecule has 13 rings (SSSR count). The molecule has 0 N–H and O–H groups in total. The third-order valence-electron chi connectivity index (χ3n) is 12.8. The molecule has 0 fully saturated rings. The molecule has 0 atom stereocenters. The number of hydrogen-bond donors (Lipinski definition) is 0. The number of fused-ring (bicyclic) bond motifs is 9. The first-order valence-corrected chi connectivity index (χ1v) is 20.6. The maximum Gasteiger partial charge on any atom is 0.0541 e. The maximum atomic E-state index is 4.35. The van der Waals surface area contributed by atoms with Crippen LogP contribution in [0.15, 0.2) is 213 Å². The zero-order valence-electron chi connectivity index (χ0n) is 32.5. The Morgan fingerprint density at radius 2 is 0.733 bits per heavy atom. The Bertz CT molecular complexity index is 3670. The molecule has 0 radical (unpaired) electrons. The van der Waals surface area contributed by atoms with E-state index in [1.54, 1.807) is 0 Å². The minimum absolute atomic E-state index is 1.09. The first kappa shape index (κ1) is 33.0. The van der Waals surface area contributed by atoms with Crippen LogP contribution in [0.3, 0.4) is 0 Å². The van der Waals surface area contributed by atoms with Crippen LogP contribution in [0.5, 0.6) is 0 Å². The van der Waals surface area contributed by atoms with E-state index < -0.39 is 0 Å². The van der Waals surface area contributed by atoms with Crippen molar-refractivity contribution in [3.63, 3.8) is 0 Å². The zero-order valence-corrected chi connectivity index (χ0v) is 32.5. The molecule has 0 saturated carbocycles. The van der Waals surface area contributed by atoms with E-state index in [1.165, 1.54) is 116 Å². The summed E-state index contributed by atoms with van der Waals surface area (Å²) < 4.78 is 4.75. The van der Waals surface area contributed by atoms with Gasteiger partial charge in [-0.15, -0.1) is 0 Å². The van der Waals surface area contributed by atoms with E-state index in [9.17, 15) is 0 Å². The van der Waals surface area contributed by atoms with E-state index in [0.29, 0.717) is 0 Å². The second-order valence-electron chi connectivity index (χ2n) is 15.9. The summed E-state index contributed by atoms with van der Waals surface area (Å²) in [6.45, 7) is 0. The second-order valence-corrected chi connectivity index (χ2v) is 15.9. The molecular formula is C57H35N3. The molecule has 3 heteroatoms. The summed E-state index contributed by atoms with van der Waals surface area (Å²) in [6.07, 6.45) is 3.75. The average molecular weight is 762 g/mol. The van der Waals surface area contributed by atoms with Crippen LogP contribution in [0.25, 0.3) is 121 Å². The van der Waals surface area contributed by atoms with Crippen LogP contribution in [0.4, 0.5) is 0 Å². The second kappa shape index (κ2) is 12.7. The highest BCUT2D eigenvalue weighted by Gasteiger charge is 2.23. The van der Waals surface area contributed by atoms with E-state index in [0.717, 1.165) is 5.69 Å². The summed E-state index contributed by atoms with van der Waals surface area (Å²) in [4.78, 5) is 4.35. The number of benzene rings is 9. The SMILES string of the molecule is c1ccc(-n2c3ccccc3c3cc(-c4ccc5c(c4)c4cc(-c6cccc(-c7ccc8c9c(cccc79)-c7ccccc7-8)c6)ccc4n5-c4ccncc4)ccc32)cc1. The van der Waals surface area contributed by atoms with Crippen LogP contribution in [0.1, 0.15) is 0 Å². The van der Waals surface area contributed by atoms with Crippen molar-refractivity contribution in [1.29, 1.82) is 0 Å². The van der Waals surface area contributed by atoms with Crippen molar-refractivity contribution in [1.82, 2.24) is 14.1 Å². The monoisotopic (exact) mass is 761 g/mol. The summed E-state index contributed by atoms with van der Waals surface area (Å²) in [5.74, 6) is 0. The first-order chi connectivity index (χ1) is 29.8. The van der Waals surface area contributed by atoms with E-state index in [4.69, 9.17) is 0 Å². The fraction of sp³-hybridized carbons (Fsp3) is 0. The van der Waals surface area contributed by atoms with Crippen LogP contribution in [0, 0.1) is 0 Å². The number of hydrogen-bond acceptors (Lipinski definition) is 1. The highest BCUT2D eigenvalue weighted by molar-refractivity contribution is 6.19. The molecule has 3 heterocycles. The van der Waals surface area contributed by atoms with Crippen LogP contribution >= 0.6 is 0 Å². The molecule has 0 saturated heterocycles. The van der Waals surface area contributed by atoms with Gasteiger partial charge in [0.2, 0.25) is 0 Å². The molecule has 0 amide bonds. The first-order valence-electron chi connectivity index (χ1n) is 20.6. The summed E-state index contributed by atoms with van der Waals surface area (Å²) in [5.41, 5.74) is 19.6.